The van der Waals surface area contributed by atoms with Crippen LogP contribution < -0.4 is 11.1 Å². The van der Waals surface area contributed by atoms with Crippen LogP contribution in [0.4, 0.5) is 5.69 Å². The van der Waals surface area contributed by atoms with Gasteiger partial charge in [-0.25, -0.2) is 0 Å². The molecule has 0 aliphatic heterocycles. The fourth-order valence-corrected chi connectivity index (χ4v) is 2.86. The van der Waals surface area contributed by atoms with Crippen LogP contribution in [0.2, 0.25) is 0 Å². The Bertz CT molecular complexity index is 1070. The second-order valence-electron chi connectivity index (χ2n) is 5.97. The number of anilines is 1. The molecule has 2 amide bonds. The number of hydrogen-bond donors (Lipinski definition) is 2. The van der Waals surface area contributed by atoms with E-state index in [2.05, 4.69) is 11.4 Å². The summed E-state index contributed by atoms with van der Waals surface area (Å²) in [7, 11) is 0. The predicted octanol–water partition coefficient (Wildman–Crippen LogP) is 3.31. The average molecular weight is 358 g/mol. The first kappa shape index (κ1) is 18.0. The zero-order chi connectivity index (χ0) is 19.2. The molecule has 0 spiro atoms. The smallest absolute Gasteiger partial charge is 0.248 e. The number of rotatable bonds is 6. The van der Waals surface area contributed by atoms with Gasteiger partial charge in [0.05, 0.1) is 12.5 Å². The van der Waals surface area contributed by atoms with Gasteiger partial charge in [-0.1, -0.05) is 24.3 Å². The fourth-order valence-electron chi connectivity index (χ4n) is 2.86. The van der Waals surface area contributed by atoms with E-state index in [1.54, 1.807) is 24.3 Å². The number of nitrogens with one attached hydrogen (secondary N) is 1. The largest absolute Gasteiger partial charge is 0.366 e. The predicted molar refractivity (Wildman–Crippen MR) is 105 cm³/mol. The maximum absolute atomic E-state index is 12.2. The van der Waals surface area contributed by atoms with Crippen molar-refractivity contribution in [2.24, 2.45) is 5.73 Å². The standard InChI is InChI=1S/C21H18N4O2/c22-11-4-12-25-14-16(18-7-1-2-8-19(18)25)9-10-20(26)24-17-6-3-5-15(13-17)21(23)27/h1-3,5-10,13-14H,4,12H2,(H2,23,27)(H,24,26)/b10-9+. The lowest BCUT2D eigenvalue weighted by Gasteiger charge is -2.03. The Hall–Kier alpha value is -3.85. The normalized spacial score (nSPS) is 10.8. The number of amides is 2. The third kappa shape index (κ3) is 4.22. The van der Waals surface area contributed by atoms with Crippen molar-refractivity contribution in [3.63, 3.8) is 0 Å². The molecule has 3 aromatic rings. The number of carbonyl (C=O) groups excluding carboxylic acids is 2. The summed E-state index contributed by atoms with van der Waals surface area (Å²) < 4.78 is 2.01. The second kappa shape index (κ2) is 8.02. The van der Waals surface area contributed by atoms with Crippen molar-refractivity contribution in [3.8, 4) is 6.07 Å². The molecule has 2 aromatic carbocycles. The van der Waals surface area contributed by atoms with Crippen molar-refractivity contribution >= 4 is 34.5 Å². The van der Waals surface area contributed by atoms with Gasteiger partial charge in [0, 0.05) is 46.5 Å². The molecule has 1 aromatic heterocycles. The maximum Gasteiger partial charge on any atom is 0.248 e. The zero-order valence-corrected chi connectivity index (χ0v) is 14.6. The molecule has 0 aliphatic carbocycles. The van der Waals surface area contributed by atoms with E-state index in [4.69, 9.17) is 11.0 Å². The average Bonchev–Trinajstić information content (AvgIpc) is 3.03. The molecule has 0 aliphatic rings. The molecule has 3 N–H and O–H groups in total. The van der Waals surface area contributed by atoms with Crippen LogP contribution in [-0.2, 0) is 11.3 Å². The molecule has 0 saturated heterocycles. The number of para-hydroxylation sites is 1. The van der Waals surface area contributed by atoms with Crippen molar-refractivity contribution in [1.29, 1.82) is 5.26 Å². The summed E-state index contributed by atoms with van der Waals surface area (Å²) in [6, 6.07) is 16.4. The van der Waals surface area contributed by atoms with Gasteiger partial charge in [0.25, 0.3) is 0 Å². The summed E-state index contributed by atoms with van der Waals surface area (Å²) in [4.78, 5) is 23.4. The summed E-state index contributed by atoms with van der Waals surface area (Å²) in [5.41, 5.74) is 7.99. The molecule has 1 heterocycles. The molecule has 0 unspecified atom stereocenters. The van der Waals surface area contributed by atoms with E-state index in [9.17, 15) is 9.59 Å². The molecule has 0 bridgehead atoms. The number of nitrogens with two attached hydrogens (primary N) is 1. The highest BCUT2D eigenvalue weighted by molar-refractivity contribution is 6.04. The van der Waals surface area contributed by atoms with Gasteiger partial charge < -0.3 is 15.6 Å². The Morgan fingerprint density at radius 1 is 1.19 bits per heavy atom. The van der Waals surface area contributed by atoms with Crippen LogP contribution in [0.5, 0.6) is 0 Å². The van der Waals surface area contributed by atoms with E-state index >= 15 is 0 Å². The number of benzene rings is 2. The van der Waals surface area contributed by atoms with E-state index in [0.29, 0.717) is 24.2 Å². The topological polar surface area (TPSA) is 101 Å². The van der Waals surface area contributed by atoms with E-state index in [0.717, 1.165) is 16.5 Å². The van der Waals surface area contributed by atoms with Crippen LogP contribution in [-0.4, -0.2) is 16.4 Å². The lowest BCUT2D eigenvalue weighted by Crippen LogP contribution is -2.12. The van der Waals surface area contributed by atoms with Gasteiger partial charge in [-0.05, 0) is 30.3 Å². The second-order valence-corrected chi connectivity index (χ2v) is 5.97. The zero-order valence-electron chi connectivity index (χ0n) is 14.6. The molecule has 0 saturated carbocycles. The molecule has 6 nitrogen and oxygen atoms in total. The van der Waals surface area contributed by atoms with Gasteiger partial charge in [0.2, 0.25) is 11.8 Å². The summed E-state index contributed by atoms with van der Waals surface area (Å²) in [5.74, 6) is -0.864. The number of primary amides is 1. The summed E-state index contributed by atoms with van der Waals surface area (Å²) in [6.45, 7) is 0.594. The molecular weight excluding hydrogens is 340 g/mol. The first-order valence-electron chi connectivity index (χ1n) is 8.42. The number of aryl methyl sites for hydroxylation is 1. The van der Waals surface area contributed by atoms with Gasteiger partial charge in [-0.3, -0.25) is 9.59 Å². The Morgan fingerprint density at radius 3 is 2.78 bits per heavy atom. The summed E-state index contributed by atoms with van der Waals surface area (Å²) in [6.07, 6.45) is 5.52. The first-order valence-corrected chi connectivity index (χ1v) is 8.42. The van der Waals surface area contributed by atoms with Crippen molar-refractivity contribution in [2.75, 3.05) is 5.32 Å². The molecular formula is C21H18N4O2. The quantitative estimate of drug-likeness (QED) is 0.661. The van der Waals surface area contributed by atoms with Crippen LogP contribution in [0.3, 0.4) is 0 Å². The van der Waals surface area contributed by atoms with Crippen molar-refractivity contribution in [1.82, 2.24) is 4.57 Å². The van der Waals surface area contributed by atoms with E-state index in [1.165, 1.54) is 12.1 Å². The third-order valence-electron chi connectivity index (χ3n) is 4.11. The molecule has 3 rings (SSSR count). The minimum Gasteiger partial charge on any atom is -0.366 e. The number of hydrogen-bond acceptors (Lipinski definition) is 3. The highest BCUT2D eigenvalue weighted by atomic mass is 16.1. The number of nitriles is 1. The molecule has 0 fully saturated rings. The number of nitrogens with zero attached hydrogens (tertiary/aromatic N) is 2. The number of aromatic nitrogens is 1. The third-order valence-corrected chi connectivity index (χ3v) is 4.11. The minimum absolute atomic E-state index is 0.314. The molecule has 6 heteroatoms. The number of carbonyl (C=O) groups is 2. The van der Waals surface area contributed by atoms with Crippen LogP contribution in [0.25, 0.3) is 17.0 Å². The molecule has 0 radical (unpaired) electrons. The van der Waals surface area contributed by atoms with E-state index < -0.39 is 5.91 Å². The van der Waals surface area contributed by atoms with Gasteiger partial charge >= 0.3 is 0 Å². The van der Waals surface area contributed by atoms with Gasteiger partial charge in [0.15, 0.2) is 0 Å². The van der Waals surface area contributed by atoms with Crippen molar-refractivity contribution in [2.45, 2.75) is 13.0 Å². The fraction of sp³-hybridized carbons (Fsp3) is 0.0952. The van der Waals surface area contributed by atoms with Crippen molar-refractivity contribution < 1.29 is 9.59 Å². The maximum atomic E-state index is 12.2. The highest BCUT2D eigenvalue weighted by Gasteiger charge is 2.07. The van der Waals surface area contributed by atoms with Crippen molar-refractivity contribution in [3.05, 3.63) is 71.9 Å². The van der Waals surface area contributed by atoms with Gasteiger partial charge in [-0.15, -0.1) is 0 Å². The summed E-state index contributed by atoms with van der Waals surface area (Å²) >= 11 is 0. The van der Waals surface area contributed by atoms with Crippen LogP contribution in [0.1, 0.15) is 22.3 Å². The van der Waals surface area contributed by atoms with E-state index in [1.807, 2.05) is 35.0 Å². The SMILES string of the molecule is N#CCCn1cc(/C=C/C(=O)Nc2cccc(C(N)=O)c2)c2ccccc21. The Morgan fingerprint density at radius 2 is 2.00 bits per heavy atom. The summed E-state index contributed by atoms with van der Waals surface area (Å²) in [5, 5.41) is 12.5. The molecule has 134 valence electrons. The van der Waals surface area contributed by atoms with E-state index in [-0.39, 0.29) is 5.91 Å². The molecule has 0 atom stereocenters. The minimum atomic E-state index is -0.549. The Kier molecular flexibility index (Phi) is 5.33. The highest BCUT2D eigenvalue weighted by Crippen LogP contribution is 2.23. The Labute approximate surface area is 156 Å². The Balaban J connectivity index is 1.79. The monoisotopic (exact) mass is 358 g/mol. The van der Waals surface area contributed by atoms with Crippen LogP contribution in [0.15, 0.2) is 60.8 Å². The van der Waals surface area contributed by atoms with Crippen LogP contribution >= 0.6 is 0 Å². The lowest BCUT2D eigenvalue weighted by atomic mass is 10.1. The van der Waals surface area contributed by atoms with Gasteiger partial charge in [0.1, 0.15) is 0 Å². The number of fused-ring (bicyclic) bond motifs is 1. The first-order chi connectivity index (χ1) is 13.1. The molecule has 27 heavy (non-hydrogen) atoms. The van der Waals surface area contributed by atoms with Gasteiger partial charge in [-0.2, -0.15) is 5.26 Å². The lowest BCUT2D eigenvalue weighted by molar-refractivity contribution is -0.111. The van der Waals surface area contributed by atoms with Crippen LogP contribution in [0, 0.1) is 11.3 Å².